The Labute approximate surface area is 141 Å². The van der Waals surface area contributed by atoms with Gasteiger partial charge in [0.1, 0.15) is 0 Å². The Morgan fingerprint density at radius 1 is 1.09 bits per heavy atom. The number of piperazine rings is 1. The maximum absolute atomic E-state index is 12.3. The molecule has 0 unspecified atom stereocenters. The van der Waals surface area contributed by atoms with E-state index in [0.717, 1.165) is 38.3 Å². The highest BCUT2D eigenvalue weighted by molar-refractivity contribution is 5.91. The summed E-state index contributed by atoms with van der Waals surface area (Å²) in [4.78, 5) is 16.7. The van der Waals surface area contributed by atoms with Crippen LogP contribution >= 0.6 is 0 Å². The van der Waals surface area contributed by atoms with Crippen LogP contribution in [0.25, 0.3) is 6.08 Å². The van der Waals surface area contributed by atoms with Gasteiger partial charge in [-0.2, -0.15) is 0 Å². The predicted octanol–water partition coefficient (Wildman–Crippen LogP) is 3.55. The highest BCUT2D eigenvalue weighted by Gasteiger charge is 2.18. The molecule has 0 spiro atoms. The molecule has 3 nitrogen and oxygen atoms in total. The van der Waals surface area contributed by atoms with Crippen LogP contribution in [0.1, 0.15) is 45.2 Å². The number of hydrogen-bond donors (Lipinski definition) is 0. The van der Waals surface area contributed by atoms with E-state index in [4.69, 9.17) is 0 Å². The molecule has 1 amide bonds. The van der Waals surface area contributed by atoms with Gasteiger partial charge in [0, 0.05) is 32.3 Å². The largest absolute Gasteiger partial charge is 0.337 e. The summed E-state index contributed by atoms with van der Waals surface area (Å²) in [5, 5.41) is 0. The fraction of sp³-hybridized carbons (Fsp3) is 0.550. The van der Waals surface area contributed by atoms with E-state index in [-0.39, 0.29) is 11.3 Å². The Morgan fingerprint density at radius 3 is 2.22 bits per heavy atom. The van der Waals surface area contributed by atoms with Gasteiger partial charge in [0.05, 0.1) is 0 Å². The molecule has 0 aromatic heterocycles. The van der Waals surface area contributed by atoms with Crippen LogP contribution in [0.2, 0.25) is 0 Å². The van der Waals surface area contributed by atoms with Gasteiger partial charge in [0.15, 0.2) is 0 Å². The van der Waals surface area contributed by atoms with Crippen molar-refractivity contribution in [3.8, 4) is 0 Å². The third kappa shape index (κ3) is 5.21. The van der Waals surface area contributed by atoms with E-state index in [1.54, 1.807) is 6.08 Å². The molecule has 1 fully saturated rings. The van der Waals surface area contributed by atoms with Crippen LogP contribution < -0.4 is 0 Å². The van der Waals surface area contributed by atoms with E-state index in [9.17, 15) is 4.79 Å². The van der Waals surface area contributed by atoms with E-state index in [2.05, 4.69) is 56.9 Å². The van der Waals surface area contributed by atoms with Crippen LogP contribution in [0.15, 0.2) is 30.3 Å². The maximum atomic E-state index is 12.3. The van der Waals surface area contributed by atoms with Gasteiger partial charge in [0.2, 0.25) is 5.91 Å². The molecule has 0 N–H and O–H groups in total. The highest BCUT2D eigenvalue weighted by Crippen LogP contribution is 2.22. The van der Waals surface area contributed by atoms with Gasteiger partial charge in [-0.3, -0.25) is 9.69 Å². The second kappa shape index (κ2) is 7.78. The van der Waals surface area contributed by atoms with E-state index in [0.29, 0.717) is 0 Å². The van der Waals surface area contributed by atoms with Crippen molar-refractivity contribution in [3.63, 3.8) is 0 Å². The Kier molecular flexibility index (Phi) is 6.00. The number of carbonyl (C=O) groups is 1. The Bertz CT molecular complexity index is 532. The van der Waals surface area contributed by atoms with Crippen molar-refractivity contribution in [2.75, 3.05) is 32.7 Å². The van der Waals surface area contributed by atoms with Crippen LogP contribution in [-0.2, 0) is 10.2 Å². The van der Waals surface area contributed by atoms with E-state index in [1.165, 1.54) is 12.0 Å². The minimum absolute atomic E-state index is 0.126. The molecule has 1 aromatic rings. The van der Waals surface area contributed by atoms with Gasteiger partial charge in [-0.25, -0.2) is 0 Å². The molecule has 1 aliphatic heterocycles. The van der Waals surface area contributed by atoms with Gasteiger partial charge in [-0.05, 0) is 35.6 Å². The van der Waals surface area contributed by atoms with Crippen LogP contribution in [0.3, 0.4) is 0 Å². The van der Waals surface area contributed by atoms with Crippen molar-refractivity contribution in [2.24, 2.45) is 0 Å². The molecule has 2 rings (SSSR count). The molecule has 1 aromatic carbocycles. The summed E-state index contributed by atoms with van der Waals surface area (Å²) in [5.41, 5.74) is 2.56. The lowest BCUT2D eigenvalue weighted by Gasteiger charge is -2.34. The number of hydrogen-bond acceptors (Lipinski definition) is 2. The van der Waals surface area contributed by atoms with Crippen molar-refractivity contribution in [1.82, 2.24) is 9.80 Å². The van der Waals surface area contributed by atoms with Crippen molar-refractivity contribution < 1.29 is 4.79 Å². The molecule has 1 heterocycles. The Hall–Kier alpha value is -1.61. The molecule has 23 heavy (non-hydrogen) atoms. The van der Waals surface area contributed by atoms with E-state index < -0.39 is 0 Å². The number of amides is 1. The molecule has 0 bridgehead atoms. The monoisotopic (exact) mass is 314 g/mol. The summed E-state index contributed by atoms with van der Waals surface area (Å²) >= 11 is 0. The minimum atomic E-state index is 0.126. The Morgan fingerprint density at radius 2 is 1.70 bits per heavy atom. The zero-order valence-corrected chi connectivity index (χ0v) is 15.0. The predicted molar refractivity (Wildman–Crippen MR) is 97.5 cm³/mol. The summed E-state index contributed by atoms with van der Waals surface area (Å²) in [6.07, 6.45) is 4.81. The molecule has 0 atom stereocenters. The van der Waals surface area contributed by atoms with Crippen LogP contribution in [0, 0.1) is 0 Å². The normalized spacial score (nSPS) is 17.0. The van der Waals surface area contributed by atoms with Crippen molar-refractivity contribution in [1.29, 1.82) is 0 Å². The molecule has 3 heteroatoms. The average Bonchev–Trinajstić information content (AvgIpc) is 2.53. The summed E-state index contributed by atoms with van der Waals surface area (Å²) in [5.74, 6) is 0.126. The summed E-state index contributed by atoms with van der Waals surface area (Å²) in [7, 11) is 0. The van der Waals surface area contributed by atoms with Gasteiger partial charge in [0.25, 0.3) is 0 Å². The van der Waals surface area contributed by atoms with Gasteiger partial charge < -0.3 is 4.90 Å². The molecule has 1 aliphatic rings. The van der Waals surface area contributed by atoms with Crippen molar-refractivity contribution in [2.45, 2.75) is 39.5 Å². The third-order valence-electron chi connectivity index (χ3n) is 4.42. The van der Waals surface area contributed by atoms with Crippen molar-refractivity contribution >= 4 is 12.0 Å². The number of rotatable bonds is 4. The van der Waals surface area contributed by atoms with Crippen LogP contribution in [0.5, 0.6) is 0 Å². The first-order chi connectivity index (χ1) is 10.9. The second-order valence-electron chi connectivity index (χ2n) is 7.37. The van der Waals surface area contributed by atoms with Crippen molar-refractivity contribution in [3.05, 3.63) is 41.5 Å². The van der Waals surface area contributed by atoms with Gasteiger partial charge in [-0.1, -0.05) is 52.0 Å². The molecule has 126 valence electrons. The fourth-order valence-electron chi connectivity index (χ4n) is 2.88. The number of benzene rings is 1. The first-order valence-corrected chi connectivity index (χ1v) is 8.70. The Balaban J connectivity index is 1.89. The SMILES string of the molecule is CCCN1CCN(C(=O)C=Cc2ccc(C(C)(C)C)cc2)CC1. The third-order valence-corrected chi connectivity index (χ3v) is 4.42. The minimum Gasteiger partial charge on any atom is -0.337 e. The first-order valence-electron chi connectivity index (χ1n) is 8.70. The highest BCUT2D eigenvalue weighted by atomic mass is 16.2. The zero-order valence-electron chi connectivity index (χ0n) is 15.0. The molecule has 0 aliphatic carbocycles. The van der Waals surface area contributed by atoms with Crippen LogP contribution in [-0.4, -0.2) is 48.4 Å². The standard InChI is InChI=1S/C20H30N2O/c1-5-12-21-13-15-22(16-14-21)19(23)11-8-17-6-9-18(10-7-17)20(2,3)4/h6-11H,5,12-16H2,1-4H3. The summed E-state index contributed by atoms with van der Waals surface area (Å²) in [6.45, 7) is 13.6. The lowest BCUT2D eigenvalue weighted by Crippen LogP contribution is -2.48. The lowest BCUT2D eigenvalue weighted by atomic mass is 9.87. The molecular weight excluding hydrogens is 284 g/mol. The summed E-state index contributed by atoms with van der Waals surface area (Å²) in [6, 6.07) is 8.47. The zero-order chi connectivity index (χ0) is 16.9. The second-order valence-corrected chi connectivity index (χ2v) is 7.37. The lowest BCUT2D eigenvalue weighted by molar-refractivity contribution is -0.127. The van der Waals surface area contributed by atoms with E-state index in [1.807, 2.05) is 11.0 Å². The molecule has 0 saturated carbocycles. The van der Waals surface area contributed by atoms with E-state index >= 15 is 0 Å². The molecular formula is C20H30N2O. The summed E-state index contributed by atoms with van der Waals surface area (Å²) < 4.78 is 0. The molecule has 0 radical (unpaired) electrons. The number of carbonyl (C=O) groups excluding carboxylic acids is 1. The fourth-order valence-corrected chi connectivity index (χ4v) is 2.88. The molecule has 1 saturated heterocycles. The average molecular weight is 314 g/mol. The first kappa shape index (κ1) is 17.7. The van der Waals surface area contributed by atoms with Gasteiger partial charge in [-0.15, -0.1) is 0 Å². The topological polar surface area (TPSA) is 23.6 Å². The quantitative estimate of drug-likeness (QED) is 0.794. The smallest absolute Gasteiger partial charge is 0.246 e. The van der Waals surface area contributed by atoms with Gasteiger partial charge >= 0.3 is 0 Å². The van der Waals surface area contributed by atoms with Crippen LogP contribution in [0.4, 0.5) is 0 Å². The number of nitrogens with zero attached hydrogens (tertiary/aromatic N) is 2. The maximum Gasteiger partial charge on any atom is 0.246 e.